The van der Waals surface area contributed by atoms with Gasteiger partial charge in [-0.05, 0) is 17.7 Å². The first-order valence-electron chi connectivity index (χ1n) is 4.99. The number of carbonyl (C=O) groups is 1. The van der Waals surface area contributed by atoms with Gasteiger partial charge in [0.25, 0.3) is 0 Å². The van der Waals surface area contributed by atoms with E-state index < -0.39 is 0 Å². The van der Waals surface area contributed by atoms with Crippen LogP contribution in [0.2, 0.25) is 0 Å². The van der Waals surface area contributed by atoms with E-state index in [1.165, 1.54) is 0 Å². The lowest BCUT2D eigenvalue weighted by Crippen LogP contribution is -2.24. The van der Waals surface area contributed by atoms with E-state index in [2.05, 4.69) is 26.4 Å². The van der Waals surface area contributed by atoms with Crippen molar-refractivity contribution in [1.29, 1.82) is 0 Å². The molecule has 0 saturated heterocycles. The average Bonchev–Trinajstić information content (AvgIpc) is 2.75. The van der Waals surface area contributed by atoms with Crippen LogP contribution < -0.4 is 16.1 Å². The van der Waals surface area contributed by atoms with Crippen LogP contribution in [0, 0.1) is 0 Å². The Morgan fingerprint density at radius 2 is 2.35 bits per heavy atom. The molecule has 1 atom stereocenters. The molecule has 6 nitrogen and oxygen atoms in total. The van der Waals surface area contributed by atoms with Gasteiger partial charge in [-0.3, -0.25) is 5.43 Å². The van der Waals surface area contributed by atoms with Crippen molar-refractivity contribution in [1.82, 2.24) is 10.7 Å². The molecule has 2 rings (SSSR count). The minimum atomic E-state index is -0.268. The number of nitrogens with zero attached hydrogens (tertiary/aromatic N) is 2. The van der Waals surface area contributed by atoms with Gasteiger partial charge in [0.1, 0.15) is 11.0 Å². The molecule has 1 heterocycles. The molecule has 0 radical (unpaired) electrons. The standard InChI is InChI=1S/C10H11N5OS/c1-11-10(16)12-7-4-2-3-6(5-7)8-9(17)14-15-13-8/h2-5,8H,1H3,(H2,11,12,16)(H,13,14,17). The SMILES string of the molecule is CNC(=O)Nc1cccc(C2N=NNC2=S)c1. The molecule has 1 unspecified atom stereocenters. The quantitative estimate of drug-likeness (QED) is 0.699. The molecule has 0 spiro atoms. The van der Waals surface area contributed by atoms with Gasteiger partial charge in [0, 0.05) is 12.7 Å². The van der Waals surface area contributed by atoms with E-state index >= 15 is 0 Å². The van der Waals surface area contributed by atoms with Crippen LogP contribution in [0.5, 0.6) is 0 Å². The highest BCUT2D eigenvalue weighted by molar-refractivity contribution is 7.80. The predicted molar refractivity (Wildman–Crippen MR) is 67.9 cm³/mol. The Kier molecular flexibility index (Phi) is 3.29. The molecule has 0 saturated carbocycles. The van der Waals surface area contributed by atoms with Crippen LogP contribution >= 0.6 is 12.2 Å². The third kappa shape index (κ3) is 2.56. The van der Waals surface area contributed by atoms with Crippen molar-refractivity contribution >= 4 is 28.9 Å². The first-order chi connectivity index (χ1) is 8.20. The molecule has 0 fully saturated rings. The molecule has 2 amide bonds. The third-order valence-corrected chi connectivity index (χ3v) is 2.58. The van der Waals surface area contributed by atoms with Crippen molar-refractivity contribution in [2.45, 2.75) is 6.04 Å². The maximum Gasteiger partial charge on any atom is 0.318 e. The lowest BCUT2D eigenvalue weighted by molar-refractivity contribution is 0.254. The minimum absolute atomic E-state index is 0.267. The van der Waals surface area contributed by atoms with E-state index in [0.29, 0.717) is 10.7 Å². The third-order valence-electron chi connectivity index (χ3n) is 2.27. The van der Waals surface area contributed by atoms with Gasteiger partial charge in [0.2, 0.25) is 0 Å². The van der Waals surface area contributed by atoms with Crippen LogP contribution in [0.4, 0.5) is 10.5 Å². The molecule has 3 N–H and O–H groups in total. The Morgan fingerprint density at radius 3 is 3.00 bits per heavy atom. The normalized spacial score (nSPS) is 17.7. The van der Waals surface area contributed by atoms with Crippen LogP contribution in [-0.2, 0) is 0 Å². The highest BCUT2D eigenvalue weighted by Gasteiger charge is 2.20. The van der Waals surface area contributed by atoms with Gasteiger partial charge in [-0.25, -0.2) is 4.79 Å². The Hall–Kier alpha value is -2.02. The first-order valence-corrected chi connectivity index (χ1v) is 5.40. The van der Waals surface area contributed by atoms with E-state index in [9.17, 15) is 4.79 Å². The molecule has 7 heteroatoms. The van der Waals surface area contributed by atoms with Gasteiger partial charge in [0.05, 0.1) is 0 Å². The molecule has 17 heavy (non-hydrogen) atoms. The second kappa shape index (κ2) is 4.88. The lowest BCUT2D eigenvalue weighted by atomic mass is 10.1. The number of hydrogen-bond acceptors (Lipinski definition) is 4. The molecular weight excluding hydrogens is 238 g/mol. The van der Waals surface area contributed by atoms with Gasteiger partial charge in [-0.1, -0.05) is 29.6 Å². The smallest absolute Gasteiger partial charge is 0.318 e. The molecule has 1 aromatic carbocycles. The highest BCUT2D eigenvalue weighted by Crippen LogP contribution is 2.24. The number of anilines is 1. The number of thiocarbonyl (C=S) groups is 1. The largest absolute Gasteiger partial charge is 0.341 e. The predicted octanol–water partition coefficient (Wildman–Crippen LogP) is 1.78. The summed E-state index contributed by atoms with van der Waals surface area (Å²) in [6.07, 6.45) is 0. The van der Waals surface area contributed by atoms with Gasteiger partial charge in [0.15, 0.2) is 0 Å². The average molecular weight is 249 g/mol. The van der Waals surface area contributed by atoms with Crippen molar-refractivity contribution in [2.24, 2.45) is 10.3 Å². The fourth-order valence-electron chi connectivity index (χ4n) is 1.45. The van der Waals surface area contributed by atoms with Crippen molar-refractivity contribution < 1.29 is 4.79 Å². The van der Waals surface area contributed by atoms with Gasteiger partial charge in [-0.15, -0.1) is 0 Å². The Labute approximate surface area is 103 Å². The molecule has 88 valence electrons. The van der Waals surface area contributed by atoms with Crippen molar-refractivity contribution in [3.63, 3.8) is 0 Å². The Bertz CT molecular complexity index is 487. The zero-order valence-corrected chi connectivity index (χ0v) is 9.91. The van der Waals surface area contributed by atoms with Crippen LogP contribution in [0.15, 0.2) is 34.6 Å². The fraction of sp³-hybridized carbons (Fsp3) is 0.200. The van der Waals surface area contributed by atoms with Crippen LogP contribution in [0.1, 0.15) is 11.6 Å². The summed E-state index contributed by atoms with van der Waals surface area (Å²) in [5.41, 5.74) is 4.20. The molecule has 0 aliphatic carbocycles. The number of benzene rings is 1. The monoisotopic (exact) mass is 249 g/mol. The Balaban J connectivity index is 2.19. The summed E-state index contributed by atoms with van der Waals surface area (Å²) >= 11 is 5.08. The number of urea groups is 1. The van der Waals surface area contributed by atoms with Gasteiger partial charge < -0.3 is 10.6 Å². The number of carbonyl (C=O) groups excluding carboxylic acids is 1. The van der Waals surface area contributed by atoms with Crippen LogP contribution in [0.25, 0.3) is 0 Å². The summed E-state index contributed by atoms with van der Waals surface area (Å²) in [7, 11) is 1.56. The zero-order valence-electron chi connectivity index (χ0n) is 9.10. The van der Waals surface area contributed by atoms with Crippen LogP contribution in [0.3, 0.4) is 0 Å². The summed E-state index contributed by atoms with van der Waals surface area (Å²) in [5, 5.41) is 12.8. The molecule has 1 aliphatic heterocycles. The maximum atomic E-state index is 11.2. The molecule has 0 aromatic heterocycles. The van der Waals surface area contributed by atoms with Gasteiger partial charge >= 0.3 is 6.03 Å². The Morgan fingerprint density at radius 1 is 1.53 bits per heavy atom. The summed E-state index contributed by atoms with van der Waals surface area (Å²) in [4.78, 5) is 11.7. The van der Waals surface area contributed by atoms with Crippen molar-refractivity contribution in [2.75, 3.05) is 12.4 Å². The molecule has 0 bridgehead atoms. The van der Waals surface area contributed by atoms with E-state index in [4.69, 9.17) is 12.2 Å². The highest BCUT2D eigenvalue weighted by atomic mass is 32.1. The van der Waals surface area contributed by atoms with E-state index in [1.807, 2.05) is 18.2 Å². The van der Waals surface area contributed by atoms with Crippen molar-refractivity contribution in [3.05, 3.63) is 29.8 Å². The van der Waals surface area contributed by atoms with E-state index in [-0.39, 0.29) is 12.1 Å². The summed E-state index contributed by atoms with van der Waals surface area (Å²) in [5.74, 6) is 0. The molecule has 1 aliphatic rings. The molecular formula is C10H11N5OS. The second-order valence-electron chi connectivity index (χ2n) is 3.42. The first kappa shape index (κ1) is 11.5. The molecule has 1 aromatic rings. The van der Waals surface area contributed by atoms with Crippen LogP contribution in [-0.4, -0.2) is 18.1 Å². The lowest BCUT2D eigenvalue weighted by Gasteiger charge is -2.09. The van der Waals surface area contributed by atoms with E-state index in [0.717, 1.165) is 5.56 Å². The fourth-order valence-corrected chi connectivity index (χ4v) is 1.67. The minimum Gasteiger partial charge on any atom is -0.341 e. The number of hydrogen-bond donors (Lipinski definition) is 3. The second-order valence-corrected chi connectivity index (χ2v) is 3.86. The number of rotatable bonds is 2. The number of nitrogens with one attached hydrogen (secondary N) is 3. The summed E-state index contributed by atoms with van der Waals surface area (Å²) in [6, 6.07) is 6.79. The number of amides is 2. The summed E-state index contributed by atoms with van der Waals surface area (Å²) < 4.78 is 0. The zero-order chi connectivity index (χ0) is 12.3. The van der Waals surface area contributed by atoms with Gasteiger partial charge in [-0.2, -0.15) is 5.11 Å². The van der Waals surface area contributed by atoms with Crippen molar-refractivity contribution in [3.8, 4) is 0 Å². The van der Waals surface area contributed by atoms with E-state index in [1.54, 1.807) is 13.1 Å². The summed E-state index contributed by atoms with van der Waals surface area (Å²) in [6.45, 7) is 0. The maximum absolute atomic E-state index is 11.2. The topological polar surface area (TPSA) is 77.9 Å².